The van der Waals surface area contributed by atoms with Crippen LogP contribution in [0, 0.1) is 5.92 Å². The average molecular weight is 395 g/mol. The van der Waals surface area contributed by atoms with Crippen molar-refractivity contribution < 1.29 is 19.1 Å². The molecule has 1 amide bonds. The summed E-state index contributed by atoms with van der Waals surface area (Å²) in [4.78, 5) is 30.9. The van der Waals surface area contributed by atoms with Crippen LogP contribution >= 0.6 is 11.6 Å². The molecule has 0 N–H and O–H groups in total. The van der Waals surface area contributed by atoms with Crippen LogP contribution in [0.5, 0.6) is 0 Å². The highest BCUT2D eigenvalue weighted by Gasteiger charge is 2.28. The van der Waals surface area contributed by atoms with E-state index in [-0.39, 0.29) is 16.9 Å². The third kappa shape index (κ3) is 4.22. The molecule has 0 radical (unpaired) electrons. The Bertz CT molecular complexity index is 868. The molecule has 3 rings (SSSR count). The molecule has 1 aliphatic rings. The summed E-state index contributed by atoms with van der Waals surface area (Å²) in [6, 6.07) is 1.51. The number of ketones is 1. The zero-order valence-corrected chi connectivity index (χ0v) is 16.6. The van der Waals surface area contributed by atoms with Crippen LogP contribution in [0.2, 0.25) is 5.15 Å². The molecule has 1 fully saturated rings. The van der Waals surface area contributed by atoms with E-state index in [1.165, 1.54) is 21.7 Å². The van der Waals surface area contributed by atoms with Gasteiger partial charge in [0.15, 0.2) is 11.4 Å². The minimum atomic E-state index is -0.643. The van der Waals surface area contributed by atoms with Crippen molar-refractivity contribution in [2.45, 2.75) is 39.2 Å². The number of hydrogen-bond acceptors (Lipinski definition) is 6. The van der Waals surface area contributed by atoms with E-state index in [1.807, 2.05) is 0 Å². The molecule has 1 aliphatic heterocycles. The molecule has 0 spiro atoms. The fourth-order valence-electron chi connectivity index (χ4n) is 2.93. The molecule has 8 nitrogen and oxygen atoms in total. The van der Waals surface area contributed by atoms with Crippen LogP contribution in [0.1, 0.15) is 44.0 Å². The van der Waals surface area contributed by atoms with Gasteiger partial charge in [0.2, 0.25) is 0 Å². The second-order valence-electron chi connectivity index (χ2n) is 7.52. The molecule has 9 heteroatoms. The van der Waals surface area contributed by atoms with Gasteiger partial charge in [0.05, 0.1) is 11.8 Å². The maximum atomic E-state index is 12.9. The first-order valence-electron chi connectivity index (χ1n) is 8.80. The first-order valence-corrected chi connectivity index (χ1v) is 9.18. The molecule has 146 valence electrons. The number of carbonyl (C=O) groups excluding carboxylic acids is 2. The standard InChI is InChI=1S/C18H23ClN4O4/c1-18(2,3)27-17(25)22(4)14-9-13(19)21-16-12(10-20-23(14)16)15(24)11-5-7-26-8-6-11/h9-11H,5-8H2,1-4H3. The minimum absolute atomic E-state index is 0.0334. The monoisotopic (exact) mass is 394 g/mol. The van der Waals surface area contributed by atoms with Crippen LogP contribution in [0.3, 0.4) is 0 Å². The van der Waals surface area contributed by atoms with E-state index in [4.69, 9.17) is 21.1 Å². The summed E-state index contributed by atoms with van der Waals surface area (Å²) in [6.45, 7) is 6.48. The molecule has 3 heterocycles. The Kier molecular flexibility index (Phi) is 5.39. The minimum Gasteiger partial charge on any atom is -0.443 e. The number of Topliss-reactive ketones (excluding diaryl/α,β-unsaturated/α-hetero) is 1. The lowest BCUT2D eigenvalue weighted by Crippen LogP contribution is -2.35. The summed E-state index contributed by atoms with van der Waals surface area (Å²) >= 11 is 6.16. The molecule has 0 bridgehead atoms. The number of ether oxygens (including phenoxy) is 2. The zero-order valence-electron chi connectivity index (χ0n) is 15.9. The van der Waals surface area contributed by atoms with Crippen molar-refractivity contribution in [2.24, 2.45) is 5.92 Å². The molecule has 1 saturated heterocycles. The van der Waals surface area contributed by atoms with Crippen LogP contribution in [0.15, 0.2) is 12.3 Å². The van der Waals surface area contributed by atoms with Crippen molar-refractivity contribution in [3.8, 4) is 0 Å². The second-order valence-corrected chi connectivity index (χ2v) is 7.91. The molecule has 0 saturated carbocycles. The number of carbonyl (C=O) groups is 2. The number of aromatic nitrogens is 3. The van der Waals surface area contributed by atoms with Gasteiger partial charge in [0.25, 0.3) is 0 Å². The van der Waals surface area contributed by atoms with Crippen molar-refractivity contribution in [2.75, 3.05) is 25.2 Å². The first kappa shape index (κ1) is 19.6. The molecule has 2 aromatic heterocycles. The summed E-state index contributed by atoms with van der Waals surface area (Å²) in [5.41, 5.74) is 0.0721. The van der Waals surface area contributed by atoms with Gasteiger partial charge in [0, 0.05) is 32.2 Å². The van der Waals surface area contributed by atoms with Crippen LogP contribution in [-0.2, 0) is 9.47 Å². The lowest BCUT2D eigenvalue weighted by molar-refractivity contribution is 0.0545. The largest absolute Gasteiger partial charge is 0.443 e. The van der Waals surface area contributed by atoms with Gasteiger partial charge in [-0.15, -0.1) is 0 Å². The smallest absolute Gasteiger partial charge is 0.415 e. The summed E-state index contributed by atoms with van der Waals surface area (Å²) in [5, 5.41) is 4.43. The molecule has 0 aliphatic carbocycles. The topological polar surface area (TPSA) is 86.0 Å². The molecule has 0 unspecified atom stereocenters. The van der Waals surface area contributed by atoms with Gasteiger partial charge < -0.3 is 9.47 Å². The number of fused-ring (bicyclic) bond motifs is 1. The van der Waals surface area contributed by atoms with E-state index in [0.29, 0.717) is 43.1 Å². The Morgan fingerprint density at radius 3 is 2.63 bits per heavy atom. The molecule has 0 atom stereocenters. The molecule has 0 aromatic carbocycles. The Morgan fingerprint density at radius 2 is 2.00 bits per heavy atom. The highest BCUT2D eigenvalue weighted by Crippen LogP contribution is 2.26. The second kappa shape index (κ2) is 7.44. The van der Waals surface area contributed by atoms with Crippen molar-refractivity contribution >= 4 is 34.9 Å². The molecule has 2 aromatic rings. The van der Waals surface area contributed by atoms with Crippen LogP contribution in [0.25, 0.3) is 5.65 Å². The van der Waals surface area contributed by atoms with E-state index in [9.17, 15) is 9.59 Å². The van der Waals surface area contributed by atoms with Gasteiger partial charge in [-0.3, -0.25) is 9.69 Å². The van der Waals surface area contributed by atoms with E-state index in [2.05, 4.69) is 10.1 Å². The predicted molar refractivity (Wildman–Crippen MR) is 101 cm³/mol. The number of anilines is 1. The Labute approximate surface area is 162 Å². The lowest BCUT2D eigenvalue weighted by atomic mass is 9.92. The SMILES string of the molecule is CN(C(=O)OC(C)(C)C)c1cc(Cl)nc2c(C(=O)C3CCOCC3)cnn12. The van der Waals surface area contributed by atoms with Crippen LogP contribution < -0.4 is 4.90 Å². The van der Waals surface area contributed by atoms with Gasteiger partial charge in [0.1, 0.15) is 16.6 Å². The van der Waals surface area contributed by atoms with Crippen molar-refractivity contribution in [3.05, 3.63) is 23.0 Å². The number of amides is 1. The first-order chi connectivity index (χ1) is 12.7. The van der Waals surface area contributed by atoms with Crippen LogP contribution in [0.4, 0.5) is 10.6 Å². The van der Waals surface area contributed by atoms with E-state index in [1.54, 1.807) is 27.8 Å². The number of rotatable bonds is 3. The molecule has 27 heavy (non-hydrogen) atoms. The quantitative estimate of drug-likeness (QED) is 0.586. The molecular formula is C18H23ClN4O4. The Morgan fingerprint density at radius 1 is 1.33 bits per heavy atom. The van der Waals surface area contributed by atoms with E-state index < -0.39 is 11.7 Å². The summed E-state index contributed by atoms with van der Waals surface area (Å²) in [7, 11) is 1.56. The number of nitrogens with zero attached hydrogens (tertiary/aromatic N) is 4. The van der Waals surface area contributed by atoms with E-state index >= 15 is 0 Å². The van der Waals surface area contributed by atoms with E-state index in [0.717, 1.165) is 0 Å². The van der Waals surface area contributed by atoms with Crippen molar-refractivity contribution in [1.82, 2.24) is 14.6 Å². The lowest BCUT2D eigenvalue weighted by Gasteiger charge is -2.25. The number of hydrogen-bond donors (Lipinski definition) is 0. The molecular weight excluding hydrogens is 372 g/mol. The Hall–Kier alpha value is -2.19. The van der Waals surface area contributed by atoms with Gasteiger partial charge >= 0.3 is 6.09 Å². The Balaban J connectivity index is 1.97. The maximum absolute atomic E-state index is 12.9. The maximum Gasteiger partial charge on any atom is 0.415 e. The highest BCUT2D eigenvalue weighted by molar-refractivity contribution is 6.30. The van der Waals surface area contributed by atoms with Gasteiger partial charge in [-0.05, 0) is 33.6 Å². The third-order valence-electron chi connectivity index (χ3n) is 4.29. The summed E-state index contributed by atoms with van der Waals surface area (Å²) in [5.74, 6) is 0.207. The van der Waals surface area contributed by atoms with Gasteiger partial charge in [-0.1, -0.05) is 11.6 Å². The normalized spacial score (nSPS) is 15.7. The van der Waals surface area contributed by atoms with Crippen molar-refractivity contribution in [1.29, 1.82) is 0 Å². The summed E-state index contributed by atoms with van der Waals surface area (Å²) < 4.78 is 12.1. The fourth-order valence-corrected chi connectivity index (χ4v) is 3.11. The number of halogens is 1. The fraction of sp³-hybridized carbons (Fsp3) is 0.556. The van der Waals surface area contributed by atoms with Gasteiger partial charge in [-0.25, -0.2) is 9.78 Å². The third-order valence-corrected chi connectivity index (χ3v) is 4.48. The van der Waals surface area contributed by atoms with Crippen LogP contribution in [-0.4, -0.2) is 52.3 Å². The zero-order chi connectivity index (χ0) is 19.8. The predicted octanol–water partition coefficient (Wildman–Crippen LogP) is 3.36. The average Bonchev–Trinajstić information content (AvgIpc) is 3.02. The highest BCUT2D eigenvalue weighted by atomic mass is 35.5. The van der Waals surface area contributed by atoms with Crippen molar-refractivity contribution in [3.63, 3.8) is 0 Å². The summed E-state index contributed by atoms with van der Waals surface area (Å²) in [6.07, 6.45) is 2.25. The van der Waals surface area contributed by atoms with Gasteiger partial charge in [-0.2, -0.15) is 9.61 Å².